The number of morpholine rings is 1. The van der Waals surface area contributed by atoms with E-state index in [1.807, 2.05) is 24.3 Å². The summed E-state index contributed by atoms with van der Waals surface area (Å²) >= 11 is 0. The molecule has 148 valence electrons. The summed E-state index contributed by atoms with van der Waals surface area (Å²) in [6, 6.07) is 7.19. The third-order valence-electron chi connectivity index (χ3n) is 4.47. The molecule has 1 atom stereocenters. The summed E-state index contributed by atoms with van der Waals surface area (Å²) in [6.07, 6.45) is 3.23. The van der Waals surface area contributed by atoms with E-state index < -0.39 is 0 Å². The zero-order valence-electron chi connectivity index (χ0n) is 16.1. The highest BCUT2D eigenvalue weighted by Crippen LogP contribution is 2.12. The fourth-order valence-corrected chi connectivity index (χ4v) is 3.28. The van der Waals surface area contributed by atoms with E-state index >= 15 is 0 Å². The monoisotopic (exact) mass is 375 g/mol. The van der Waals surface area contributed by atoms with Crippen molar-refractivity contribution in [2.75, 3.05) is 32.8 Å². The Labute approximate surface area is 160 Å². The summed E-state index contributed by atoms with van der Waals surface area (Å²) in [5.74, 6) is 2.08. The van der Waals surface area contributed by atoms with Gasteiger partial charge in [-0.1, -0.05) is 13.8 Å². The van der Waals surface area contributed by atoms with Crippen LogP contribution in [0.4, 0.5) is 4.79 Å². The summed E-state index contributed by atoms with van der Waals surface area (Å²) in [5.41, 5.74) is 0. The molecule has 0 aromatic carbocycles. The molecule has 1 fully saturated rings. The van der Waals surface area contributed by atoms with Crippen LogP contribution < -0.4 is 5.32 Å². The molecule has 1 aliphatic heterocycles. The van der Waals surface area contributed by atoms with Gasteiger partial charge in [-0.25, -0.2) is 4.79 Å². The van der Waals surface area contributed by atoms with Gasteiger partial charge in [0.05, 0.1) is 38.3 Å². The van der Waals surface area contributed by atoms with Crippen LogP contribution in [0.15, 0.2) is 45.6 Å². The fraction of sp³-hybridized carbons (Fsp3) is 0.550. The van der Waals surface area contributed by atoms with E-state index in [2.05, 4.69) is 24.1 Å². The quantitative estimate of drug-likeness (QED) is 0.768. The van der Waals surface area contributed by atoms with Crippen LogP contribution in [-0.2, 0) is 17.8 Å². The standard InChI is InChI=1S/C20H29N3O4/c1-16(2)12-22-7-10-27-19(13-22)11-21-20(24)23(14-17-5-3-8-25-17)15-18-6-4-9-26-18/h3-6,8-9,16,19H,7,10-15H2,1-2H3,(H,21,24). The number of ether oxygens (including phenoxy) is 1. The first-order chi connectivity index (χ1) is 13.1. The van der Waals surface area contributed by atoms with Gasteiger partial charge in [0.25, 0.3) is 0 Å². The van der Waals surface area contributed by atoms with Gasteiger partial charge in [0.15, 0.2) is 0 Å². The van der Waals surface area contributed by atoms with E-state index in [9.17, 15) is 4.79 Å². The third kappa shape index (κ3) is 6.15. The van der Waals surface area contributed by atoms with Crippen LogP contribution in [0.1, 0.15) is 25.4 Å². The van der Waals surface area contributed by atoms with Crippen molar-refractivity contribution in [2.45, 2.75) is 33.0 Å². The molecule has 0 saturated carbocycles. The third-order valence-corrected chi connectivity index (χ3v) is 4.47. The Hall–Kier alpha value is -2.25. The molecule has 2 aromatic heterocycles. The summed E-state index contributed by atoms with van der Waals surface area (Å²) < 4.78 is 16.6. The molecule has 1 saturated heterocycles. The first-order valence-electron chi connectivity index (χ1n) is 9.51. The highest BCUT2D eigenvalue weighted by Gasteiger charge is 2.23. The average molecular weight is 375 g/mol. The molecule has 0 aliphatic carbocycles. The zero-order chi connectivity index (χ0) is 19.1. The van der Waals surface area contributed by atoms with E-state index in [-0.39, 0.29) is 12.1 Å². The van der Waals surface area contributed by atoms with Crippen molar-refractivity contribution in [1.82, 2.24) is 15.1 Å². The lowest BCUT2D eigenvalue weighted by Crippen LogP contribution is -2.50. The van der Waals surface area contributed by atoms with Gasteiger partial charge in [0.1, 0.15) is 11.5 Å². The Morgan fingerprint density at radius 2 is 1.89 bits per heavy atom. The number of hydrogen-bond acceptors (Lipinski definition) is 5. The molecule has 1 aliphatic rings. The molecule has 3 rings (SSSR count). The molecule has 3 heterocycles. The number of urea groups is 1. The van der Waals surface area contributed by atoms with Crippen molar-refractivity contribution in [3.8, 4) is 0 Å². The minimum absolute atomic E-state index is 0.00975. The molecule has 1 unspecified atom stereocenters. The number of amides is 2. The van der Waals surface area contributed by atoms with Crippen molar-refractivity contribution in [3.05, 3.63) is 48.3 Å². The molecule has 0 spiro atoms. The lowest BCUT2D eigenvalue weighted by Gasteiger charge is -2.34. The normalized spacial score (nSPS) is 18.0. The van der Waals surface area contributed by atoms with Gasteiger partial charge in [-0.05, 0) is 30.2 Å². The molecular formula is C20H29N3O4. The minimum atomic E-state index is -0.160. The van der Waals surface area contributed by atoms with Gasteiger partial charge >= 0.3 is 6.03 Å². The topological polar surface area (TPSA) is 71.1 Å². The number of carbonyl (C=O) groups excluding carboxylic acids is 1. The van der Waals surface area contributed by atoms with Crippen LogP contribution in [0.5, 0.6) is 0 Å². The van der Waals surface area contributed by atoms with Crippen molar-refractivity contribution >= 4 is 6.03 Å². The summed E-state index contributed by atoms with van der Waals surface area (Å²) in [6.45, 7) is 9.23. The van der Waals surface area contributed by atoms with Crippen LogP contribution in [0.3, 0.4) is 0 Å². The number of nitrogens with one attached hydrogen (secondary N) is 1. The predicted octanol–water partition coefficient (Wildman–Crippen LogP) is 2.94. The van der Waals surface area contributed by atoms with Gasteiger partial charge in [-0.2, -0.15) is 0 Å². The van der Waals surface area contributed by atoms with Crippen LogP contribution >= 0.6 is 0 Å². The number of furan rings is 2. The molecular weight excluding hydrogens is 346 g/mol. The second-order valence-electron chi connectivity index (χ2n) is 7.35. The van der Waals surface area contributed by atoms with E-state index in [1.54, 1.807) is 17.4 Å². The number of hydrogen-bond donors (Lipinski definition) is 1. The minimum Gasteiger partial charge on any atom is -0.467 e. The molecule has 0 bridgehead atoms. The van der Waals surface area contributed by atoms with Crippen molar-refractivity contribution in [3.63, 3.8) is 0 Å². The van der Waals surface area contributed by atoms with Crippen LogP contribution in [-0.4, -0.2) is 54.7 Å². The van der Waals surface area contributed by atoms with Gasteiger partial charge in [-0.15, -0.1) is 0 Å². The van der Waals surface area contributed by atoms with E-state index in [0.717, 1.165) is 31.2 Å². The van der Waals surface area contributed by atoms with Crippen molar-refractivity contribution in [1.29, 1.82) is 0 Å². The van der Waals surface area contributed by atoms with E-state index in [0.29, 0.717) is 32.2 Å². The Balaban J connectivity index is 1.53. The van der Waals surface area contributed by atoms with Crippen molar-refractivity contribution in [2.24, 2.45) is 5.92 Å². The van der Waals surface area contributed by atoms with Gasteiger partial charge in [0, 0.05) is 26.2 Å². The maximum absolute atomic E-state index is 12.8. The molecule has 27 heavy (non-hydrogen) atoms. The van der Waals surface area contributed by atoms with Crippen molar-refractivity contribution < 1.29 is 18.4 Å². The maximum Gasteiger partial charge on any atom is 0.318 e. The largest absolute Gasteiger partial charge is 0.467 e. The first kappa shape index (κ1) is 19.5. The van der Waals surface area contributed by atoms with Crippen LogP contribution in [0.25, 0.3) is 0 Å². The van der Waals surface area contributed by atoms with Gasteiger partial charge in [0.2, 0.25) is 0 Å². The maximum atomic E-state index is 12.8. The second kappa shape index (κ2) is 9.62. The zero-order valence-corrected chi connectivity index (χ0v) is 16.1. The van der Waals surface area contributed by atoms with E-state index in [1.165, 1.54) is 0 Å². The smallest absolute Gasteiger partial charge is 0.318 e. The Morgan fingerprint density at radius 3 is 2.44 bits per heavy atom. The highest BCUT2D eigenvalue weighted by atomic mass is 16.5. The lowest BCUT2D eigenvalue weighted by atomic mass is 10.2. The Morgan fingerprint density at radius 1 is 1.22 bits per heavy atom. The fourth-order valence-electron chi connectivity index (χ4n) is 3.28. The Kier molecular flexibility index (Phi) is 6.95. The molecule has 2 amide bonds. The molecule has 1 N–H and O–H groups in total. The number of rotatable bonds is 8. The SMILES string of the molecule is CC(C)CN1CCOC(CNC(=O)N(Cc2ccco2)Cc2ccco2)C1. The van der Waals surface area contributed by atoms with Crippen LogP contribution in [0, 0.1) is 5.92 Å². The molecule has 2 aromatic rings. The van der Waals surface area contributed by atoms with Crippen LogP contribution in [0.2, 0.25) is 0 Å². The first-order valence-corrected chi connectivity index (χ1v) is 9.51. The molecule has 7 heteroatoms. The Bertz CT molecular complexity index is 633. The lowest BCUT2D eigenvalue weighted by molar-refractivity contribution is -0.0294. The van der Waals surface area contributed by atoms with Gasteiger partial charge in [-0.3, -0.25) is 4.90 Å². The molecule has 0 radical (unpaired) electrons. The summed E-state index contributed by atoms with van der Waals surface area (Å²) in [4.78, 5) is 16.8. The summed E-state index contributed by atoms with van der Waals surface area (Å²) in [5, 5.41) is 3.00. The number of carbonyl (C=O) groups is 1. The summed E-state index contributed by atoms with van der Waals surface area (Å²) in [7, 11) is 0. The number of nitrogens with zero attached hydrogens (tertiary/aromatic N) is 2. The van der Waals surface area contributed by atoms with Gasteiger partial charge < -0.3 is 23.8 Å². The average Bonchev–Trinajstić information content (AvgIpc) is 3.33. The predicted molar refractivity (Wildman–Crippen MR) is 101 cm³/mol. The highest BCUT2D eigenvalue weighted by molar-refractivity contribution is 5.74. The molecule has 7 nitrogen and oxygen atoms in total. The second-order valence-corrected chi connectivity index (χ2v) is 7.35. The van der Waals surface area contributed by atoms with E-state index in [4.69, 9.17) is 13.6 Å².